The van der Waals surface area contributed by atoms with Crippen LogP contribution in [0.3, 0.4) is 0 Å². The number of benzene rings is 1. The third-order valence-electron chi connectivity index (χ3n) is 6.67. The third-order valence-corrected chi connectivity index (χ3v) is 7.76. The van der Waals surface area contributed by atoms with Crippen molar-refractivity contribution in [2.45, 2.75) is 113 Å². The number of rotatable bonds is 13. The average molecular weight is 553 g/mol. The molecule has 0 spiro atoms. The average Bonchev–Trinajstić information content (AvgIpc) is 3.22. The molecule has 2 N–H and O–H groups in total. The molecule has 0 fully saturated rings. The topological polar surface area (TPSA) is 108 Å². The molecule has 0 unspecified atom stereocenters. The smallest absolute Gasteiger partial charge is 0.349 e. The van der Waals surface area contributed by atoms with E-state index in [1.54, 1.807) is 27.7 Å². The summed E-state index contributed by atoms with van der Waals surface area (Å²) in [6.07, 6.45) is 8.02. The Labute approximate surface area is 229 Å². The second-order valence-corrected chi connectivity index (χ2v) is 13.7. The van der Waals surface area contributed by atoms with Crippen LogP contribution < -0.4 is 14.9 Å². The lowest BCUT2D eigenvalue weighted by atomic mass is 9.94. The highest BCUT2D eigenvalue weighted by Gasteiger charge is 2.34. The molecule has 1 heterocycles. The number of carbonyl (C=O) groups excluding carboxylic acids is 2. The molecule has 0 saturated carbocycles. The first-order chi connectivity index (χ1) is 17.5. The van der Waals surface area contributed by atoms with Crippen molar-refractivity contribution in [1.82, 2.24) is 4.47 Å². The van der Waals surface area contributed by atoms with Crippen LogP contribution in [0.15, 0.2) is 0 Å². The van der Waals surface area contributed by atoms with E-state index in [0.717, 1.165) is 49.2 Å². The van der Waals surface area contributed by atoms with Crippen LogP contribution >= 0.6 is 0 Å². The number of hydroxylamine groups is 1. The summed E-state index contributed by atoms with van der Waals surface area (Å²) in [6, 6.07) is 0. The number of hydrogen-bond acceptors (Lipinski definition) is 6. The maximum absolute atomic E-state index is 13.2. The zero-order chi connectivity index (χ0) is 28.9. The van der Waals surface area contributed by atoms with E-state index in [0.29, 0.717) is 21.4 Å². The van der Waals surface area contributed by atoms with Crippen molar-refractivity contribution in [3.8, 4) is 0 Å². The number of hydrogen-bond donors (Lipinski definition) is 2. The predicted octanol–water partition coefficient (Wildman–Crippen LogP) is 5.86. The van der Waals surface area contributed by atoms with Gasteiger partial charge in [-0.15, -0.1) is 0 Å². The van der Waals surface area contributed by atoms with Crippen LogP contribution in [0.2, 0.25) is 0 Å². The van der Waals surface area contributed by atoms with E-state index in [4.69, 9.17) is 4.84 Å². The Morgan fingerprint density at radius 3 is 2.16 bits per heavy atom. The van der Waals surface area contributed by atoms with Crippen molar-refractivity contribution in [2.75, 3.05) is 28.0 Å². The number of carbonyl (C=O) groups is 2. The minimum atomic E-state index is -4.37. The molecule has 2 rings (SSSR count). The van der Waals surface area contributed by atoms with Gasteiger partial charge in [-0.3, -0.25) is 14.3 Å². The Kier molecular flexibility index (Phi) is 10.6. The van der Waals surface area contributed by atoms with Crippen LogP contribution in [0.5, 0.6) is 0 Å². The first-order valence-electron chi connectivity index (χ1n) is 13.7. The number of unbranched alkanes of at least 4 members (excludes halogenated alkanes) is 5. The SMILES string of the molecule is CCCCCCCCN1CCc2c(C)c(NS(=O)(=O)N(C=O)OC(C)(C)C)c(C)c(NC(=O)C(C)(C)C)c21. The summed E-state index contributed by atoms with van der Waals surface area (Å²) < 4.78 is 29.2. The van der Waals surface area contributed by atoms with Crippen molar-refractivity contribution in [3.05, 3.63) is 16.7 Å². The second kappa shape index (κ2) is 12.7. The van der Waals surface area contributed by atoms with E-state index in [-0.39, 0.29) is 12.3 Å². The monoisotopic (exact) mass is 552 g/mol. The number of fused-ring (bicyclic) bond motifs is 1. The largest absolute Gasteiger partial charge is 0.369 e. The van der Waals surface area contributed by atoms with Gasteiger partial charge in [0.05, 0.1) is 22.7 Å². The van der Waals surface area contributed by atoms with Crippen molar-refractivity contribution in [3.63, 3.8) is 0 Å². The minimum Gasteiger partial charge on any atom is -0.369 e. The molecule has 0 saturated heterocycles. The van der Waals surface area contributed by atoms with E-state index >= 15 is 0 Å². The van der Waals surface area contributed by atoms with Crippen LogP contribution in [0.4, 0.5) is 17.1 Å². The Balaban J connectivity index is 2.49. The van der Waals surface area contributed by atoms with E-state index in [1.807, 2.05) is 27.7 Å². The van der Waals surface area contributed by atoms with E-state index < -0.39 is 21.2 Å². The Morgan fingerprint density at radius 1 is 1.00 bits per heavy atom. The molecule has 9 nitrogen and oxygen atoms in total. The third kappa shape index (κ3) is 8.09. The van der Waals surface area contributed by atoms with Gasteiger partial charge in [-0.25, -0.2) is 4.84 Å². The van der Waals surface area contributed by atoms with Gasteiger partial charge in [-0.1, -0.05) is 64.3 Å². The fourth-order valence-electron chi connectivity index (χ4n) is 4.56. The zero-order valence-electron chi connectivity index (χ0n) is 24.8. The Morgan fingerprint density at radius 2 is 1.61 bits per heavy atom. The van der Waals surface area contributed by atoms with Crippen molar-refractivity contribution in [2.24, 2.45) is 5.41 Å². The van der Waals surface area contributed by atoms with Crippen LogP contribution in [0, 0.1) is 19.3 Å². The highest BCUT2D eigenvalue weighted by Crippen LogP contribution is 2.45. The summed E-state index contributed by atoms with van der Waals surface area (Å²) in [5.74, 6) is -0.155. The first kappa shape index (κ1) is 31.9. The van der Waals surface area contributed by atoms with Crippen LogP contribution in [0.25, 0.3) is 0 Å². The van der Waals surface area contributed by atoms with Gasteiger partial charge in [0.2, 0.25) is 5.91 Å². The van der Waals surface area contributed by atoms with Crippen LogP contribution in [0.1, 0.15) is 104 Å². The van der Waals surface area contributed by atoms with E-state index in [9.17, 15) is 18.0 Å². The molecule has 1 aliphatic heterocycles. The number of nitrogens with zero attached hydrogens (tertiary/aromatic N) is 2. The molecule has 216 valence electrons. The lowest BCUT2D eigenvalue weighted by Crippen LogP contribution is -2.40. The highest BCUT2D eigenvalue weighted by atomic mass is 32.2. The fourth-order valence-corrected chi connectivity index (χ4v) is 5.65. The lowest BCUT2D eigenvalue weighted by molar-refractivity contribution is -0.176. The van der Waals surface area contributed by atoms with Crippen molar-refractivity contribution < 1.29 is 22.8 Å². The highest BCUT2D eigenvalue weighted by molar-refractivity contribution is 7.90. The maximum atomic E-state index is 13.2. The molecule has 0 bridgehead atoms. The summed E-state index contributed by atoms with van der Waals surface area (Å²) >= 11 is 0. The van der Waals surface area contributed by atoms with Gasteiger partial charge >= 0.3 is 10.2 Å². The van der Waals surface area contributed by atoms with Gasteiger partial charge in [0.15, 0.2) is 0 Å². The van der Waals surface area contributed by atoms with E-state index in [2.05, 4.69) is 21.9 Å². The molecule has 0 atom stereocenters. The molecule has 0 radical (unpaired) electrons. The molecule has 1 aliphatic rings. The summed E-state index contributed by atoms with van der Waals surface area (Å²) in [4.78, 5) is 32.4. The van der Waals surface area contributed by atoms with Gasteiger partial charge in [-0.2, -0.15) is 8.42 Å². The molecule has 10 heteroatoms. The van der Waals surface area contributed by atoms with Crippen LogP contribution in [-0.4, -0.2) is 43.9 Å². The first-order valence-corrected chi connectivity index (χ1v) is 15.2. The Bertz CT molecular complexity index is 1100. The van der Waals surface area contributed by atoms with E-state index in [1.165, 1.54) is 25.7 Å². The van der Waals surface area contributed by atoms with Crippen LogP contribution in [-0.2, 0) is 31.1 Å². The molecule has 1 aromatic carbocycles. The predicted molar refractivity (Wildman–Crippen MR) is 155 cm³/mol. The molecule has 2 amide bonds. The molecule has 1 aromatic rings. The minimum absolute atomic E-state index is 0.135. The quantitative estimate of drug-likeness (QED) is 0.180. The van der Waals surface area contributed by atoms with Gasteiger partial charge < -0.3 is 10.2 Å². The number of nitrogens with one attached hydrogen (secondary N) is 2. The van der Waals surface area contributed by atoms with Gasteiger partial charge in [0, 0.05) is 18.5 Å². The number of anilines is 3. The summed E-state index contributed by atoms with van der Waals surface area (Å²) in [6.45, 7) is 18.1. The molecular weight excluding hydrogens is 504 g/mol. The summed E-state index contributed by atoms with van der Waals surface area (Å²) in [5.41, 5.74) is 2.76. The zero-order valence-corrected chi connectivity index (χ0v) is 25.6. The lowest BCUT2D eigenvalue weighted by Gasteiger charge is -2.30. The normalized spacial score (nSPS) is 13.9. The molecular formula is C28H48N4O5S. The maximum Gasteiger partial charge on any atom is 0.349 e. The standard InChI is InChI=1S/C28H48N4O5S/c1-10-11-12-13-14-15-17-31-18-16-22-20(2)23(30-38(35,36)32(19-33)37-28(7,8)9)21(3)24(25(22)31)29-26(34)27(4,5)6/h19,30H,10-18H2,1-9H3,(H,29,34). The second-order valence-electron chi connectivity index (χ2n) is 12.2. The van der Waals surface area contributed by atoms with Gasteiger partial charge in [0.25, 0.3) is 6.41 Å². The number of amides is 2. The van der Waals surface area contributed by atoms with Gasteiger partial charge in [-0.05, 0) is 64.2 Å². The summed E-state index contributed by atoms with van der Waals surface area (Å²) in [5, 5.41) is 3.10. The molecule has 0 aliphatic carbocycles. The van der Waals surface area contributed by atoms with Gasteiger partial charge in [0.1, 0.15) is 0 Å². The summed E-state index contributed by atoms with van der Waals surface area (Å²) in [7, 11) is -4.37. The van der Waals surface area contributed by atoms with Crippen molar-refractivity contribution >= 4 is 39.6 Å². The Hall–Kier alpha value is -2.33. The molecule has 0 aromatic heterocycles. The fraction of sp³-hybridized carbons (Fsp3) is 0.714. The molecule has 38 heavy (non-hydrogen) atoms. The van der Waals surface area contributed by atoms with Crippen molar-refractivity contribution in [1.29, 1.82) is 0 Å².